The largest absolute Gasteiger partial charge is 0.441 e. The maximum atomic E-state index is 12.5. The van der Waals surface area contributed by atoms with Crippen molar-refractivity contribution < 1.29 is 14.0 Å². The van der Waals surface area contributed by atoms with Crippen molar-refractivity contribution in [1.82, 2.24) is 15.3 Å². The van der Waals surface area contributed by atoms with E-state index in [2.05, 4.69) is 32.8 Å². The molecule has 1 aliphatic carbocycles. The van der Waals surface area contributed by atoms with Crippen LogP contribution in [0.4, 0.5) is 5.69 Å². The lowest BCUT2D eigenvalue weighted by molar-refractivity contribution is -0.125. The van der Waals surface area contributed by atoms with E-state index in [4.69, 9.17) is 4.42 Å². The Labute approximate surface area is 180 Å². The summed E-state index contributed by atoms with van der Waals surface area (Å²) >= 11 is 0. The van der Waals surface area contributed by atoms with Crippen molar-refractivity contribution in [3.05, 3.63) is 78.0 Å². The van der Waals surface area contributed by atoms with Crippen molar-refractivity contribution >= 4 is 17.5 Å². The third-order valence-electron chi connectivity index (χ3n) is 5.29. The molecule has 1 atom stereocenters. The first-order valence-corrected chi connectivity index (χ1v) is 10.3. The van der Waals surface area contributed by atoms with Crippen LogP contribution < -0.4 is 10.6 Å². The van der Waals surface area contributed by atoms with E-state index in [1.165, 1.54) is 6.20 Å². The van der Waals surface area contributed by atoms with E-state index < -0.39 is 0 Å². The zero-order chi connectivity index (χ0) is 21.6. The minimum atomic E-state index is -0.266. The molecule has 2 N–H and O–H groups in total. The normalized spacial score (nSPS) is 15.5. The van der Waals surface area contributed by atoms with E-state index in [9.17, 15) is 9.59 Å². The zero-order valence-corrected chi connectivity index (χ0v) is 17.3. The first-order chi connectivity index (χ1) is 15.1. The number of carbonyl (C=O) groups is 2. The molecule has 0 aliphatic heterocycles. The Morgan fingerprint density at radius 1 is 1.16 bits per heavy atom. The second kappa shape index (κ2) is 9.38. The van der Waals surface area contributed by atoms with Crippen LogP contribution >= 0.6 is 0 Å². The maximum absolute atomic E-state index is 12.5. The van der Waals surface area contributed by atoms with Gasteiger partial charge in [0.1, 0.15) is 11.5 Å². The Morgan fingerprint density at radius 3 is 2.81 bits per heavy atom. The van der Waals surface area contributed by atoms with Crippen LogP contribution in [0, 0.1) is 12.8 Å². The summed E-state index contributed by atoms with van der Waals surface area (Å²) in [5.74, 6) is 0.812. The molecule has 1 aliphatic rings. The molecule has 2 aromatic heterocycles. The summed E-state index contributed by atoms with van der Waals surface area (Å²) < 4.78 is 5.87. The second-order valence-corrected chi connectivity index (χ2v) is 7.46. The third-order valence-corrected chi connectivity index (χ3v) is 5.29. The van der Waals surface area contributed by atoms with Crippen molar-refractivity contribution in [3.8, 4) is 11.5 Å². The molecule has 2 heterocycles. The fourth-order valence-corrected chi connectivity index (χ4v) is 3.52. The van der Waals surface area contributed by atoms with Gasteiger partial charge < -0.3 is 15.1 Å². The topological polar surface area (TPSA) is 97.1 Å². The van der Waals surface area contributed by atoms with Crippen LogP contribution in [0.5, 0.6) is 0 Å². The van der Waals surface area contributed by atoms with Crippen molar-refractivity contribution in [2.24, 2.45) is 5.92 Å². The number of para-hydroxylation sites is 1. The smallest absolute Gasteiger partial charge is 0.257 e. The van der Waals surface area contributed by atoms with Crippen LogP contribution in [0.3, 0.4) is 0 Å². The van der Waals surface area contributed by atoms with Crippen molar-refractivity contribution in [2.45, 2.75) is 32.7 Å². The number of nitrogens with one attached hydrogen (secondary N) is 2. The van der Waals surface area contributed by atoms with Gasteiger partial charge in [0.15, 0.2) is 0 Å². The minimum absolute atomic E-state index is 0.0140. The second-order valence-electron chi connectivity index (χ2n) is 7.46. The average molecular weight is 416 g/mol. The predicted octanol–water partition coefficient (Wildman–Crippen LogP) is 4.27. The van der Waals surface area contributed by atoms with Gasteiger partial charge in [-0.3, -0.25) is 14.6 Å². The fourth-order valence-electron chi connectivity index (χ4n) is 3.52. The zero-order valence-electron chi connectivity index (χ0n) is 17.3. The van der Waals surface area contributed by atoms with Gasteiger partial charge >= 0.3 is 0 Å². The lowest BCUT2D eigenvalue weighted by Gasteiger charge is -2.16. The highest BCUT2D eigenvalue weighted by Crippen LogP contribution is 2.29. The lowest BCUT2D eigenvalue weighted by Crippen LogP contribution is -2.31. The van der Waals surface area contributed by atoms with Crippen LogP contribution in [0.25, 0.3) is 11.5 Å². The molecule has 3 aromatic rings. The van der Waals surface area contributed by atoms with Gasteiger partial charge in [-0.05, 0) is 50.5 Å². The summed E-state index contributed by atoms with van der Waals surface area (Å²) in [6.45, 7) is 2.12. The average Bonchev–Trinajstić information content (AvgIpc) is 3.19. The number of aryl methyl sites for hydroxylation is 1. The number of amides is 2. The summed E-state index contributed by atoms with van der Waals surface area (Å²) in [6, 6.07) is 10.7. The standard InChI is InChI=1S/C24H24N4O3/c1-16-21(15-26-22(29)17-8-3-2-4-9-17)28-24(31-16)19-11-5-6-12-20(19)27-23(30)18-10-7-13-25-14-18/h2-3,5-7,10-14,17H,4,8-9,15H2,1H3,(H,26,29)(H,27,30). The quantitative estimate of drug-likeness (QED) is 0.585. The Morgan fingerprint density at radius 2 is 2.03 bits per heavy atom. The van der Waals surface area contributed by atoms with E-state index in [1.807, 2.05) is 25.1 Å². The summed E-state index contributed by atoms with van der Waals surface area (Å²) in [5.41, 5.74) is 2.38. The lowest BCUT2D eigenvalue weighted by atomic mass is 9.94. The highest BCUT2D eigenvalue weighted by atomic mass is 16.4. The van der Waals surface area contributed by atoms with E-state index >= 15 is 0 Å². The Hall–Kier alpha value is -3.74. The number of anilines is 1. The molecule has 0 saturated carbocycles. The van der Waals surface area contributed by atoms with E-state index in [1.54, 1.807) is 24.4 Å². The van der Waals surface area contributed by atoms with Crippen molar-refractivity contribution in [3.63, 3.8) is 0 Å². The van der Waals surface area contributed by atoms with Gasteiger partial charge in [-0.25, -0.2) is 4.98 Å². The molecule has 7 nitrogen and oxygen atoms in total. The van der Waals surface area contributed by atoms with Gasteiger partial charge in [0.25, 0.3) is 5.91 Å². The molecule has 7 heteroatoms. The number of hydrogen-bond acceptors (Lipinski definition) is 5. The van der Waals surface area contributed by atoms with Crippen LogP contribution in [0.2, 0.25) is 0 Å². The molecular weight excluding hydrogens is 392 g/mol. The predicted molar refractivity (Wildman–Crippen MR) is 117 cm³/mol. The molecule has 158 valence electrons. The molecule has 31 heavy (non-hydrogen) atoms. The first kappa shape index (κ1) is 20.5. The van der Waals surface area contributed by atoms with Gasteiger partial charge in [-0.15, -0.1) is 0 Å². The highest BCUT2D eigenvalue weighted by Gasteiger charge is 2.20. The summed E-state index contributed by atoms with van der Waals surface area (Å²) in [4.78, 5) is 33.5. The summed E-state index contributed by atoms with van der Waals surface area (Å²) in [5, 5.41) is 5.86. The van der Waals surface area contributed by atoms with E-state index in [0.29, 0.717) is 40.7 Å². The molecule has 1 aromatic carbocycles. The summed E-state index contributed by atoms with van der Waals surface area (Å²) in [7, 11) is 0. The number of allylic oxidation sites excluding steroid dienone is 2. The maximum Gasteiger partial charge on any atom is 0.257 e. The molecule has 0 bridgehead atoms. The molecule has 0 radical (unpaired) electrons. The Bertz CT molecular complexity index is 1110. The van der Waals surface area contributed by atoms with Gasteiger partial charge in [0.05, 0.1) is 23.4 Å². The van der Waals surface area contributed by atoms with E-state index in [-0.39, 0.29) is 17.7 Å². The van der Waals surface area contributed by atoms with Crippen LogP contribution in [0.15, 0.2) is 65.4 Å². The number of nitrogens with zero attached hydrogens (tertiary/aromatic N) is 2. The molecular formula is C24H24N4O3. The van der Waals surface area contributed by atoms with Crippen molar-refractivity contribution in [2.75, 3.05) is 5.32 Å². The highest BCUT2D eigenvalue weighted by molar-refractivity contribution is 6.05. The molecule has 1 unspecified atom stereocenters. The number of aromatic nitrogens is 2. The van der Waals surface area contributed by atoms with Crippen LogP contribution in [-0.4, -0.2) is 21.8 Å². The van der Waals surface area contributed by atoms with Crippen molar-refractivity contribution in [1.29, 1.82) is 0 Å². The van der Waals surface area contributed by atoms with Gasteiger partial charge in [0.2, 0.25) is 11.8 Å². The fraction of sp³-hybridized carbons (Fsp3) is 0.250. The Kier molecular flexibility index (Phi) is 6.21. The summed E-state index contributed by atoms with van der Waals surface area (Å²) in [6.07, 6.45) is 9.88. The number of rotatable bonds is 6. The number of hydrogen-bond donors (Lipinski definition) is 2. The molecule has 0 fully saturated rings. The SMILES string of the molecule is Cc1oc(-c2ccccc2NC(=O)c2cccnc2)nc1CNC(=O)C1CC=CCC1. The molecule has 2 amide bonds. The first-order valence-electron chi connectivity index (χ1n) is 10.3. The monoisotopic (exact) mass is 416 g/mol. The number of benzene rings is 1. The minimum Gasteiger partial charge on any atom is -0.441 e. The van der Waals surface area contributed by atoms with E-state index in [0.717, 1.165) is 19.3 Å². The number of pyridine rings is 1. The van der Waals surface area contributed by atoms with Gasteiger partial charge in [-0.2, -0.15) is 0 Å². The molecule has 0 saturated heterocycles. The number of oxazole rings is 1. The molecule has 0 spiro atoms. The van der Waals surface area contributed by atoms with Crippen LogP contribution in [-0.2, 0) is 11.3 Å². The number of carbonyl (C=O) groups excluding carboxylic acids is 2. The van der Waals surface area contributed by atoms with Gasteiger partial charge in [0, 0.05) is 18.3 Å². The van der Waals surface area contributed by atoms with Crippen LogP contribution in [0.1, 0.15) is 41.1 Å². The molecule has 4 rings (SSSR count). The Balaban J connectivity index is 1.48. The van der Waals surface area contributed by atoms with Gasteiger partial charge in [-0.1, -0.05) is 24.3 Å². The third kappa shape index (κ3) is 4.88.